The zero-order valence-electron chi connectivity index (χ0n) is 11.2. The summed E-state index contributed by atoms with van der Waals surface area (Å²) in [5.41, 5.74) is 1.08. The number of hydrogen-bond donors (Lipinski definition) is 1. The number of nitrogens with one attached hydrogen (secondary N) is 1. The summed E-state index contributed by atoms with van der Waals surface area (Å²) in [6, 6.07) is 13.3. The molecule has 1 N–H and O–H groups in total. The quantitative estimate of drug-likeness (QED) is 0.929. The molecule has 2 aromatic rings. The monoisotopic (exact) mass is 289 g/mol. The molecule has 0 unspecified atom stereocenters. The van der Waals surface area contributed by atoms with Gasteiger partial charge in [0.15, 0.2) is 11.5 Å². The summed E-state index contributed by atoms with van der Waals surface area (Å²) >= 11 is 6.04. The van der Waals surface area contributed by atoms with Gasteiger partial charge in [-0.3, -0.25) is 0 Å². The first-order valence-electron chi connectivity index (χ1n) is 6.63. The first-order valence-corrected chi connectivity index (χ1v) is 7.00. The Kier molecular flexibility index (Phi) is 3.81. The third-order valence-corrected chi connectivity index (χ3v) is 3.49. The minimum absolute atomic E-state index is 0.188. The fourth-order valence-corrected chi connectivity index (χ4v) is 2.13. The second kappa shape index (κ2) is 5.73. The SMILES string of the molecule is Cc1ccccc1Oc1ccc(Cl)cc1OC1CNC1. The lowest BCUT2D eigenvalue weighted by Gasteiger charge is -2.28. The lowest BCUT2D eigenvalue weighted by atomic mass is 10.2. The van der Waals surface area contributed by atoms with E-state index in [1.54, 1.807) is 12.1 Å². The van der Waals surface area contributed by atoms with E-state index in [9.17, 15) is 0 Å². The van der Waals surface area contributed by atoms with Gasteiger partial charge in [0, 0.05) is 24.2 Å². The van der Waals surface area contributed by atoms with Crippen LogP contribution in [0, 0.1) is 6.92 Å². The molecule has 4 heteroatoms. The van der Waals surface area contributed by atoms with Crippen molar-refractivity contribution in [2.75, 3.05) is 13.1 Å². The van der Waals surface area contributed by atoms with Gasteiger partial charge in [0.2, 0.25) is 0 Å². The van der Waals surface area contributed by atoms with Crippen LogP contribution in [0.2, 0.25) is 5.02 Å². The smallest absolute Gasteiger partial charge is 0.169 e. The number of hydrogen-bond acceptors (Lipinski definition) is 3. The number of para-hydroxylation sites is 1. The minimum Gasteiger partial charge on any atom is -0.484 e. The van der Waals surface area contributed by atoms with E-state index in [1.807, 2.05) is 37.3 Å². The minimum atomic E-state index is 0.188. The molecule has 104 valence electrons. The molecule has 0 radical (unpaired) electrons. The molecule has 3 nitrogen and oxygen atoms in total. The standard InChI is InChI=1S/C16H16ClNO2/c1-11-4-2-3-5-14(11)20-15-7-6-12(17)8-16(15)19-13-9-18-10-13/h2-8,13,18H,9-10H2,1H3. The van der Waals surface area contributed by atoms with Gasteiger partial charge in [-0.2, -0.15) is 0 Å². The van der Waals surface area contributed by atoms with E-state index in [4.69, 9.17) is 21.1 Å². The van der Waals surface area contributed by atoms with Gasteiger partial charge >= 0.3 is 0 Å². The maximum Gasteiger partial charge on any atom is 0.169 e. The number of benzene rings is 2. The van der Waals surface area contributed by atoms with Crippen molar-refractivity contribution in [1.29, 1.82) is 0 Å². The van der Waals surface area contributed by atoms with Crippen LogP contribution in [0.3, 0.4) is 0 Å². The van der Waals surface area contributed by atoms with Gasteiger partial charge in [-0.1, -0.05) is 29.8 Å². The predicted molar refractivity (Wildman–Crippen MR) is 80.0 cm³/mol. The van der Waals surface area contributed by atoms with E-state index in [0.717, 1.165) is 24.4 Å². The van der Waals surface area contributed by atoms with Crippen molar-refractivity contribution in [3.63, 3.8) is 0 Å². The van der Waals surface area contributed by atoms with E-state index in [-0.39, 0.29) is 6.10 Å². The molecule has 0 saturated carbocycles. The van der Waals surface area contributed by atoms with E-state index in [2.05, 4.69) is 5.32 Å². The molecular formula is C16H16ClNO2. The first kappa shape index (κ1) is 13.3. The highest BCUT2D eigenvalue weighted by Gasteiger charge is 2.20. The van der Waals surface area contributed by atoms with Crippen LogP contribution in [0.5, 0.6) is 17.2 Å². The molecule has 0 atom stereocenters. The summed E-state index contributed by atoms with van der Waals surface area (Å²) in [4.78, 5) is 0. The Morgan fingerprint density at radius 2 is 1.85 bits per heavy atom. The summed E-state index contributed by atoms with van der Waals surface area (Å²) in [6.45, 7) is 3.73. The summed E-state index contributed by atoms with van der Waals surface area (Å²) in [7, 11) is 0. The molecule has 1 saturated heterocycles. The van der Waals surface area contributed by atoms with Gasteiger partial charge < -0.3 is 14.8 Å². The van der Waals surface area contributed by atoms with Crippen LogP contribution in [0.1, 0.15) is 5.56 Å². The van der Waals surface area contributed by atoms with Crippen molar-refractivity contribution in [3.05, 3.63) is 53.1 Å². The third kappa shape index (κ3) is 2.89. The van der Waals surface area contributed by atoms with E-state index < -0.39 is 0 Å². The molecule has 20 heavy (non-hydrogen) atoms. The topological polar surface area (TPSA) is 30.5 Å². The Hall–Kier alpha value is -1.71. The molecule has 0 aliphatic carbocycles. The van der Waals surface area contributed by atoms with Gasteiger partial charge in [-0.15, -0.1) is 0 Å². The summed E-state index contributed by atoms with van der Waals surface area (Å²) < 4.78 is 11.9. The van der Waals surface area contributed by atoms with Crippen LogP contribution >= 0.6 is 11.6 Å². The van der Waals surface area contributed by atoms with Gasteiger partial charge in [-0.25, -0.2) is 0 Å². The van der Waals surface area contributed by atoms with Crippen molar-refractivity contribution in [3.8, 4) is 17.2 Å². The number of aryl methyl sites for hydroxylation is 1. The summed E-state index contributed by atoms with van der Waals surface area (Å²) in [5.74, 6) is 2.20. The average molecular weight is 290 g/mol. The van der Waals surface area contributed by atoms with Crippen molar-refractivity contribution >= 4 is 11.6 Å². The fraction of sp³-hybridized carbons (Fsp3) is 0.250. The lowest BCUT2D eigenvalue weighted by Crippen LogP contribution is -2.50. The van der Waals surface area contributed by atoms with Crippen LogP contribution in [-0.4, -0.2) is 19.2 Å². The van der Waals surface area contributed by atoms with Crippen molar-refractivity contribution < 1.29 is 9.47 Å². The summed E-state index contributed by atoms with van der Waals surface area (Å²) in [5, 5.41) is 3.82. The lowest BCUT2D eigenvalue weighted by molar-refractivity contribution is 0.138. The molecule has 1 heterocycles. The highest BCUT2D eigenvalue weighted by molar-refractivity contribution is 6.30. The highest BCUT2D eigenvalue weighted by Crippen LogP contribution is 2.35. The second-order valence-corrected chi connectivity index (χ2v) is 5.29. The number of rotatable bonds is 4. The Morgan fingerprint density at radius 1 is 1.05 bits per heavy atom. The van der Waals surface area contributed by atoms with Crippen molar-refractivity contribution in [1.82, 2.24) is 5.32 Å². The normalized spacial score (nSPS) is 14.7. The van der Waals surface area contributed by atoms with Crippen LogP contribution < -0.4 is 14.8 Å². The van der Waals surface area contributed by atoms with Gasteiger partial charge in [0.1, 0.15) is 11.9 Å². The molecule has 3 rings (SSSR count). The summed E-state index contributed by atoms with van der Waals surface area (Å²) in [6.07, 6.45) is 0.188. The van der Waals surface area contributed by atoms with Gasteiger partial charge in [-0.05, 0) is 30.7 Å². The van der Waals surface area contributed by atoms with Gasteiger partial charge in [0.25, 0.3) is 0 Å². The molecule has 0 spiro atoms. The molecule has 0 amide bonds. The van der Waals surface area contributed by atoms with E-state index in [1.165, 1.54) is 0 Å². The Labute approximate surface area is 123 Å². The molecule has 2 aromatic carbocycles. The first-order chi connectivity index (χ1) is 9.72. The molecular weight excluding hydrogens is 274 g/mol. The van der Waals surface area contributed by atoms with Crippen molar-refractivity contribution in [2.45, 2.75) is 13.0 Å². The number of ether oxygens (including phenoxy) is 2. The molecule has 1 aliphatic heterocycles. The number of halogens is 1. The third-order valence-electron chi connectivity index (χ3n) is 3.26. The molecule has 1 fully saturated rings. The second-order valence-electron chi connectivity index (χ2n) is 4.86. The van der Waals surface area contributed by atoms with E-state index >= 15 is 0 Å². The zero-order chi connectivity index (χ0) is 13.9. The predicted octanol–water partition coefficient (Wildman–Crippen LogP) is 3.79. The van der Waals surface area contributed by atoms with E-state index in [0.29, 0.717) is 16.5 Å². The largest absolute Gasteiger partial charge is 0.484 e. The Bertz CT molecular complexity index is 611. The Balaban J connectivity index is 1.86. The molecule has 1 aliphatic rings. The Morgan fingerprint density at radius 3 is 2.55 bits per heavy atom. The fourth-order valence-electron chi connectivity index (χ4n) is 1.97. The molecule has 0 bridgehead atoms. The van der Waals surface area contributed by atoms with Gasteiger partial charge in [0.05, 0.1) is 0 Å². The maximum atomic E-state index is 6.04. The van der Waals surface area contributed by atoms with Crippen molar-refractivity contribution in [2.24, 2.45) is 0 Å². The van der Waals surface area contributed by atoms with Crippen LogP contribution in [0.25, 0.3) is 0 Å². The van der Waals surface area contributed by atoms with Crippen LogP contribution in [0.4, 0.5) is 0 Å². The van der Waals surface area contributed by atoms with Crippen LogP contribution in [0.15, 0.2) is 42.5 Å². The highest BCUT2D eigenvalue weighted by atomic mass is 35.5. The average Bonchev–Trinajstić information content (AvgIpc) is 2.39. The zero-order valence-corrected chi connectivity index (χ0v) is 12.0. The maximum absolute atomic E-state index is 6.04. The molecule has 0 aromatic heterocycles. The van der Waals surface area contributed by atoms with Crippen LogP contribution in [-0.2, 0) is 0 Å².